The highest BCUT2D eigenvalue weighted by atomic mass is 19.1. The zero-order valence-electron chi connectivity index (χ0n) is 18.2. The van der Waals surface area contributed by atoms with Gasteiger partial charge in [-0.05, 0) is 56.2 Å². The average molecular weight is 419 g/mol. The van der Waals surface area contributed by atoms with E-state index >= 15 is 0 Å². The maximum atomic E-state index is 14.8. The Morgan fingerprint density at radius 3 is 2.48 bits per heavy atom. The van der Waals surface area contributed by atoms with Gasteiger partial charge in [0.1, 0.15) is 17.4 Å². The first-order valence-corrected chi connectivity index (χ1v) is 9.91. The van der Waals surface area contributed by atoms with Crippen molar-refractivity contribution in [3.05, 3.63) is 89.8 Å². The van der Waals surface area contributed by atoms with E-state index in [-0.39, 0.29) is 5.82 Å². The number of hydrogen-bond donors (Lipinski definition) is 3. The van der Waals surface area contributed by atoms with Crippen LogP contribution in [0.15, 0.2) is 72.8 Å². The van der Waals surface area contributed by atoms with Crippen LogP contribution in [0.25, 0.3) is 16.7 Å². The van der Waals surface area contributed by atoms with Crippen LogP contribution in [0.1, 0.15) is 25.0 Å². The normalized spacial score (nSPS) is 11.9. The van der Waals surface area contributed by atoms with Gasteiger partial charge in [-0.15, -0.1) is 0 Å². The number of allylic oxidation sites excluding steroid dienone is 2. The highest BCUT2D eigenvalue weighted by molar-refractivity contribution is 5.81. The molecule has 0 atom stereocenters. The fourth-order valence-electron chi connectivity index (χ4n) is 3.15. The number of aromatic nitrogens is 1. The number of pyridine rings is 1. The van der Waals surface area contributed by atoms with Crippen LogP contribution in [-0.2, 0) is 0 Å². The molecule has 0 saturated heterocycles. The summed E-state index contributed by atoms with van der Waals surface area (Å²) in [6.45, 7) is 6.01. The Hall–Kier alpha value is -3.80. The van der Waals surface area contributed by atoms with Gasteiger partial charge in [-0.25, -0.2) is 9.37 Å². The minimum atomic E-state index is -0.418. The van der Waals surface area contributed by atoms with E-state index in [9.17, 15) is 4.39 Å². The molecule has 0 spiro atoms. The number of benzene rings is 2. The van der Waals surface area contributed by atoms with Crippen LogP contribution < -0.4 is 21.1 Å². The van der Waals surface area contributed by atoms with Gasteiger partial charge >= 0.3 is 0 Å². The van der Waals surface area contributed by atoms with E-state index in [0.717, 1.165) is 16.8 Å². The van der Waals surface area contributed by atoms with Gasteiger partial charge in [-0.3, -0.25) is 0 Å². The van der Waals surface area contributed by atoms with Crippen LogP contribution in [0, 0.1) is 12.7 Å². The number of nitrogens with zero attached hydrogens (tertiary/aromatic N) is 1. The number of nitrogens with one attached hydrogen (secondary N) is 2. The Balaban J connectivity index is 1.71. The molecule has 31 heavy (non-hydrogen) atoms. The third kappa shape index (κ3) is 5.42. The first-order chi connectivity index (χ1) is 14.9. The zero-order chi connectivity index (χ0) is 22.4. The second-order valence-electron chi connectivity index (χ2n) is 7.28. The van der Waals surface area contributed by atoms with Gasteiger partial charge in [-0.1, -0.05) is 29.8 Å². The van der Waals surface area contributed by atoms with Crippen molar-refractivity contribution in [1.29, 1.82) is 0 Å². The molecule has 0 aliphatic heterocycles. The van der Waals surface area contributed by atoms with E-state index in [1.165, 1.54) is 24.9 Å². The van der Waals surface area contributed by atoms with E-state index in [2.05, 4.69) is 46.8 Å². The molecule has 1 heterocycles. The molecule has 0 fully saturated rings. The summed E-state index contributed by atoms with van der Waals surface area (Å²) in [6.07, 6.45) is 5.28. The van der Waals surface area contributed by atoms with Crippen molar-refractivity contribution in [1.82, 2.24) is 10.3 Å². The van der Waals surface area contributed by atoms with Crippen molar-refractivity contribution in [2.45, 2.75) is 20.8 Å². The molecule has 3 aromatic rings. The third-order valence-corrected chi connectivity index (χ3v) is 4.85. The predicted octanol–water partition coefficient (Wildman–Crippen LogP) is 5.71. The van der Waals surface area contributed by atoms with Gasteiger partial charge in [0.05, 0.1) is 12.7 Å². The molecule has 2 aromatic carbocycles. The minimum absolute atomic E-state index is 0.218. The van der Waals surface area contributed by atoms with Crippen LogP contribution in [0.2, 0.25) is 0 Å². The van der Waals surface area contributed by atoms with Crippen LogP contribution in [0.3, 0.4) is 0 Å². The maximum absolute atomic E-state index is 14.8. The van der Waals surface area contributed by atoms with Crippen molar-refractivity contribution in [2.24, 2.45) is 0 Å². The standard InChI is InChI=1S/C25H27FN4O/c1-16-5-7-19(8-6-16)17(2)14-28-15-18(3)30-20-9-10-21(22(26)13-20)24-23(31-4)11-12-29-25(24)27/h5-15,28,30H,1-4H3,(H2,27,29)/b17-14+,18-15+. The number of hydrogen-bond acceptors (Lipinski definition) is 5. The number of nitrogens with two attached hydrogens (primary N) is 1. The molecule has 3 rings (SSSR count). The fourth-order valence-corrected chi connectivity index (χ4v) is 3.15. The van der Waals surface area contributed by atoms with Gasteiger partial charge in [-0.2, -0.15) is 0 Å². The lowest BCUT2D eigenvalue weighted by molar-refractivity contribution is 0.416. The predicted molar refractivity (Wildman–Crippen MR) is 126 cm³/mol. The van der Waals surface area contributed by atoms with Gasteiger partial charge in [0.2, 0.25) is 0 Å². The van der Waals surface area contributed by atoms with Gasteiger partial charge in [0.15, 0.2) is 0 Å². The van der Waals surface area contributed by atoms with Crippen molar-refractivity contribution in [2.75, 3.05) is 18.2 Å². The van der Waals surface area contributed by atoms with E-state index in [4.69, 9.17) is 10.5 Å². The summed E-state index contributed by atoms with van der Waals surface area (Å²) < 4.78 is 20.1. The van der Waals surface area contributed by atoms with Gasteiger partial charge < -0.3 is 21.1 Å². The quantitative estimate of drug-likeness (QED) is 0.458. The van der Waals surface area contributed by atoms with Gasteiger partial charge in [0, 0.05) is 35.5 Å². The number of halogens is 1. The lowest BCUT2D eigenvalue weighted by Crippen LogP contribution is -2.03. The number of anilines is 2. The summed E-state index contributed by atoms with van der Waals surface area (Å²) >= 11 is 0. The second kappa shape index (κ2) is 9.80. The molecule has 0 unspecified atom stereocenters. The molecular weight excluding hydrogens is 391 g/mol. The average Bonchev–Trinajstić information content (AvgIpc) is 2.74. The van der Waals surface area contributed by atoms with Crippen molar-refractivity contribution < 1.29 is 9.13 Å². The van der Waals surface area contributed by atoms with E-state index in [1.807, 2.05) is 26.2 Å². The lowest BCUT2D eigenvalue weighted by atomic mass is 10.0. The molecule has 0 radical (unpaired) electrons. The fraction of sp³-hybridized carbons (Fsp3) is 0.160. The highest BCUT2D eigenvalue weighted by Gasteiger charge is 2.15. The van der Waals surface area contributed by atoms with Crippen LogP contribution in [0.4, 0.5) is 15.9 Å². The number of ether oxygens (including phenoxy) is 1. The number of aryl methyl sites for hydroxylation is 1. The summed E-state index contributed by atoms with van der Waals surface area (Å²) in [6, 6.07) is 14.9. The Morgan fingerprint density at radius 1 is 1.06 bits per heavy atom. The molecule has 160 valence electrons. The molecule has 6 heteroatoms. The number of methoxy groups -OCH3 is 1. The topological polar surface area (TPSA) is 72.2 Å². The molecule has 0 aliphatic rings. The smallest absolute Gasteiger partial charge is 0.135 e. The minimum Gasteiger partial charge on any atom is -0.496 e. The Kier molecular flexibility index (Phi) is 6.92. The van der Waals surface area contributed by atoms with Crippen molar-refractivity contribution in [3.8, 4) is 16.9 Å². The monoisotopic (exact) mass is 418 g/mol. The van der Waals surface area contributed by atoms with Crippen molar-refractivity contribution in [3.63, 3.8) is 0 Å². The third-order valence-electron chi connectivity index (χ3n) is 4.85. The number of rotatable bonds is 7. The first-order valence-electron chi connectivity index (χ1n) is 9.91. The summed E-state index contributed by atoms with van der Waals surface area (Å²) in [7, 11) is 1.52. The van der Waals surface area contributed by atoms with Crippen LogP contribution >= 0.6 is 0 Å². The van der Waals surface area contributed by atoms with Crippen LogP contribution in [-0.4, -0.2) is 12.1 Å². The molecule has 0 bridgehead atoms. The second-order valence-corrected chi connectivity index (χ2v) is 7.28. The van der Waals surface area contributed by atoms with Crippen LogP contribution in [0.5, 0.6) is 5.75 Å². The zero-order valence-corrected chi connectivity index (χ0v) is 18.2. The van der Waals surface area contributed by atoms with Crippen molar-refractivity contribution >= 4 is 17.1 Å². The molecule has 1 aromatic heterocycles. The summed E-state index contributed by atoms with van der Waals surface area (Å²) in [4.78, 5) is 4.04. The summed E-state index contributed by atoms with van der Waals surface area (Å²) in [5.41, 5.74) is 11.7. The molecule has 0 amide bonds. The Morgan fingerprint density at radius 2 is 1.81 bits per heavy atom. The SMILES string of the molecule is COc1ccnc(N)c1-c1ccc(N/C(C)=C/N/C=C(\C)c2ccc(C)cc2)cc1F. The highest BCUT2D eigenvalue weighted by Crippen LogP contribution is 2.36. The largest absolute Gasteiger partial charge is 0.496 e. The summed E-state index contributed by atoms with van der Waals surface area (Å²) in [5, 5.41) is 6.35. The molecule has 4 N–H and O–H groups in total. The number of nitrogen functional groups attached to an aromatic ring is 1. The van der Waals surface area contributed by atoms with E-state index in [0.29, 0.717) is 22.6 Å². The Labute approximate surface area is 182 Å². The molecule has 0 saturated carbocycles. The molecule has 5 nitrogen and oxygen atoms in total. The molecular formula is C25H27FN4O. The molecule has 0 aliphatic carbocycles. The van der Waals surface area contributed by atoms with E-state index < -0.39 is 5.82 Å². The maximum Gasteiger partial charge on any atom is 0.135 e. The Bertz CT molecular complexity index is 1120. The van der Waals surface area contributed by atoms with Gasteiger partial charge in [0.25, 0.3) is 0 Å². The summed E-state index contributed by atoms with van der Waals surface area (Å²) in [5.74, 6) is 0.275. The first kappa shape index (κ1) is 21.9. The lowest BCUT2D eigenvalue weighted by Gasteiger charge is -2.13. The van der Waals surface area contributed by atoms with E-state index in [1.54, 1.807) is 18.2 Å².